The maximum absolute atomic E-state index is 13.0. The van der Waals surface area contributed by atoms with Gasteiger partial charge in [0.2, 0.25) is 0 Å². The second-order valence-corrected chi connectivity index (χ2v) is 7.17. The number of aliphatic hydroxyl groups is 1. The third kappa shape index (κ3) is 3.01. The van der Waals surface area contributed by atoms with Crippen molar-refractivity contribution in [3.05, 3.63) is 60.4 Å². The predicted molar refractivity (Wildman–Crippen MR) is 104 cm³/mol. The molecule has 4 rings (SSSR count). The number of likely N-dealkylation sites (tertiary alicyclic amines) is 1. The summed E-state index contributed by atoms with van der Waals surface area (Å²) in [7, 11) is 1.93. The summed E-state index contributed by atoms with van der Waals surface area (Å²) >= 11 is 0. The number of aryl methyl sites for hydroxylation is 1. The molecule has 0 aliphatic carbocycles. The lowest BCUT2D eigenvalue weighted by Crippen LogP contribution is -2.39. The van der Waals surface area contributed by atoms with Crippen molar-refractivity contribution in [2.45, 2.75) is 12.8 Å². The van der Waals surface area contributed by atoms with Crippen LogP contribution in [0, 0.1) is 5.92 Å². The Labute approximate surface area is 153 Å². The molecule has 4 heteroatoms. The highest BCUT2D eigenvalue weighted by Crippen LogP contribution is 2.30. The zero-order valence-corrected chi connectivity index (χ0v) is 15.1. The van der Waals surface area contributed by atoms with Gasteiger partial charge in [-0.1, -0.05) is 42.5 Å². The average molecular weight is 348 g/mol. The van der Waals surface area contributed by atoms with Crippen LogP contribution in [0.2, 0.25) is 0 Å². The van der Waals surface area contributed by atoms with Crippen molar-refractivity contribution in [3.8, 4) is 11.1 Å². The topological polar surface area (TPSA) is 45.5 Å². The van der Waals surface area contributed by atoms with Gasteiger partial charge in [-0.25, -0.2) is 0 Å². The zero-order chi connectivity index (χ0) is 18.1. The molecule has 1 fully saturated rings. The molecule has 134 valence electrons. The number of rotatable bonds is 3. The normalized spacial score (nSPS) is 15.5. The molecule has 26 heavy (non-hydrogen) atoms. The van der Waals surface area contributed by atoms with Gasteiger partial charge >= 0.3 is 0 Å². The molecule has 1 aliphatic rings. The lowest BCUT2D eigenvalue weighted by atomic mass is 9.97. The molecule has 0 saturated carbocycles. The molecule has 2 aromatic carbocycles. The number of carbonyl (C=O) groups is 1. The third-order valence-electron chi connectivity index (χ3n) is 5.48. The molecule has 0 atom stereocenters. The summed E-state index contributed by atoms with van der Waals surface area (Å²) in [5.41, 5.74) is 2.94. The number of carbonyl (C=O) groups excluding carboxylic acids is 1. The molecule has 1 N–H and O–H groups in total. The van der Waals surface area contributed by atoms with E-state index in [0.717, 1.165) is 42.8 Å². The van der Waals surface area contributed by atoms with Crippen molar-refractivity contribution in [2.24, 2.45) is 13.0 Å². The summed E-state index contributed by atoms with van der Waals surface area (Å²) in [5, 5.41) is 11.7. The van der Waals surface area contributed by atoms with E-state index in [1.165, 1.54) is 10.8 Å². The van der Waals surface area contributed by atoms with E-state index in [-0.39, 0.29) is 12.5 Å². The number of nitrogens with zero attached hydrogens (tertiary/aromatic N) is 2. The van der Waals surface area contributed by atoms with Crippen LogP contribution in [0.15, 0.2) is 54.7 Å². The molecule has 1 amide bonds. The van der Waals surface area contributed by atoms with Crippen molar-refractivity contribution in [1.29, 1.82) is 0 Å². The Hall–Kier alpha value is -2.59. The molecular weight excluding hydrogens is 324 g/mol. The number of aromatic nitrogens is 1. The van der Waals surface area contributed by atoms with E-state index < -0.39 is 0 Å². The first-order valence-electron chi connectivity index (χ1n) is 9.22. The Morgan fingerprint density at radius 2 is 1.85 bits per heavy atom. The van der Waals surface area contributed by atoms with Gasteiger partial charge in [-0.2, -0.15) is 0 Å². The molecule has 3 aromatic rings. The van der Waals surface area contributed by atoms with Gasteiger partial charge in [-0.3, -0.25) is 4.79 Å². The quantitative estimate of drug-likeness (QED) is 0.785. The first kappa shape index (κ1) is 16.9. The standard InChI is InChI=1S/C22H24N2O2/c1-23-14-18(20-8-4-6-17-5-2-3-7-19(17)20)13-21(23)22(26)24-11-9-16(15-25)10-12-24/h2-8,13-14,16,25H,9-12,15H2,1H3. The summed E-state index contributed by atoms with van der Waals surface area (Å²) in [5.74, 6) is 0.411. The molecule has 0 unspecified atom stereocenters. The van der Waals surface area contributed by atoms with Crippen molar-refractivity contribution >= 4 is 16.7 Å². The van der Waals surface area contributed by atoms with Crippen molar-refractivity contribution in [2.75, 3.05) is 19.7 Å². The van der Waals surface area contributed by atoms with Crippen LogP contribution in [-0.2, 0) is 7.05 Å². The monoisotopic (exact) mass is 348 g/mol. The van der Waals surface area contributed by atoms with Gasteiger partial charge in [0.1, 0.15) is 5.69 Å². The van der Waals surface area contributed by atoms with E-state index in [4.69, 9.17) is 0 Å². The Morgan fingerprint density at radius 3 is 2.62 bits per heavy atom. The van der Waals surface area contributed by atoms with Gasteiger partial charge in [-0.15, -0.1) is 0 Å². The number of amides is 1. The Bertz CT molecular complexity index is 931. The van der Waals surface area contributed by atoms with Gasteiger partial charge < -0.3 is 14.6 Å². The minimum absolute atomic E-state index is 0.0791. The number of hydrogen-bond donors (Lipinski definition) is 1. The Balaban J connectivity index is 1.64. The number of fused-ring (bicyclic) bond motifs is 1. The smallest absolute Gasteiger partial charge is 0.270 e. The maximum atomic E-state index is 13.0. The second kappa shape index (κ2) is 6.96. The van der Waals surface area contributed by atoms with E-state index in [1.807, 2.05) is 40.9 Å². The first-order chi connectivity index (χ1) is 12.7. The molecule has 0 radical (unpaired) electrons. The fourth-order valence-electron chi connectivity index (χ4n) is 3.88. The van der Waals surface area contributed by atoms with Gasteiger partial charge in [0.25, 0.3) is 5.91 Å². The van der Waals surface area contributed by atoms with Crippen LogP contribution in [0.5, 0.6) is 0 Å². The minimum atomic E-state index is 0.0791. The fraction of sp³-hybridized carbons (Fsp3) is 0.318. The van der Waals surface area contributed by atoms with E-state index in [9.17, 15) is 9.90 Å². The van der Waals surface area contributed by atoms with Crippen molar-refractivity contribution in [3.63, 3.8) is 0 Å². The molecule has 1 saturated heterocycles. The average Bonchev–Trinajstić information content (AvgIpc) is 3.08. The number of hydrogen-bond acceptors (Lipinski definition) is 2. The van der Waals surface area contributed by atoms with E-state index in [2.05, 4.69) is 30.3 Å². The summed E-state index contributed by atoms with van der Waals surface area (Å²) < 4.78 is 1.93. The number of aliphatic hydroxyl groups excluding tert-OH is 1. The largest absolute Gasteiger partial charge is 0.396 e. The van der Waals surface area contributed by atoms with Crippen LogP contribution in [0.25, 0.3) is 21.9 Å². The van der Waals surface area contributed by atoms with Crippen molar-refractivity contribution < 1.29 is 9.90 Å². The molecule has 0 spiro atoms. The minimum Gasteiger partial charge on any atom is -0.396 e. The van der Waals surface area contributed by atoms with Crippen molar-refractivity contribution in [1.82, 2.24) is 9.47 Å². The predicted octanol–water partition coefficient (Wildman–Crippen LogP) is 3.69. The lowest BCUT2D eigenvalue weighted by Gasteiger charge is -2.31. The SMILES string of the molecule is Cn1cc(-c2cccc3ccccc23)cc1C(=O)N1CCC(CO)CC1. The van der Waals surface area contributed by atoms with Gasteiger partial charge in [-0.05, 0) is 41.2 Å². The lowest BCUT2D eigenvalue weighted by molar-refractivity contribution is 0.0641. The van der Waals surface area contributed by atoms with Gasteiger partial charge in [0, 0.05) is 38.5 Å². The Kier molecular flexibility index (Phi) is 4.51. The summed E-state index contributed by atoms with van der Waals surface area (Å²) in [6, 6.07) is 16.6. The third-order valence-corrected chi connectivity index (χ3v) is 5.48. The van der Waals surface area contributed by atoms with Crippen LogP contribution < -0.4 is 0 Å². The summed E-state index contributed by atoms with van der Waals surface area (Å²) in [6.07, 6.45) is 3.79. The molecular formula is C22H24N2O2. The molecule has 0 bridgehead atoms. The summed E-state index contributed by atoms with van der Waals surface area (Å²) in [6.45, 7) is 1.66. The van der Waals surface area contributed by atoms with Crippen LogP contribution in [0.3, 0.4) is 0 Å². The first-order valence-corrected chi connectivity index (χ1v) is 9.22. The Morgan fingerprint density at radius 1 is 1.12 bits per heavy atom. The highest BCUT2D eigenvalue weighted by molar-refractivity contribution is 5.99. The van der Waals surface area contributed by atoms with E-state index >= 15 is 0 Å². The fourth-order valence-corrected chi connectivity index (χ4v) is 3.88. The van der Waals surface area contributed by atoms with E-state index in [1.54, 1.807) is 0 Å². The molecule has 4 nitrogen and oxygen atoms in total. The molecule has 1 aromatic heterocycles. The van der Waals surface area contributed by atoms with Gasteiger partial charge in [0.05, 0.1) is 0 Å². The van der Waals surface area contributed by atoms with Crippen LogP contribution in [0.4, 0.5) is 0 Å². The van der Waals surface area contributed by atoms with Gasteiger partial charge in [0.15, 0.2) is 0 Å². The summed E-state index contributed by atoms with van der Waals surface area (Å²) in [4.78, 5) is 14.9. The highest BCUT2D eigenvalue weighted by atomic mass is 16.3. The van der Waals surface area contributed by atoms with Crippen LogP contribution >= 0.6 is 0 Å². The van der Waals surface area contributed by atoms with Crippen LogP contribution in [-0.4, -0.2) is 40.2 Å². The number of benzene rings is 2. The molecule has 2 heterocycles. The highest BCUT2D eigenvalue weighted by Gasteiger charge is 2.25. The maximum Gasteiger partial charge on any atom is 0.270 e. The van der Waals surface area contributed by atoms with Crippen LogP contribution in [0.1, 0.15) is 23.3 Å². The van der Waals surface area contributed by atoms with E-state index in [0.29, 0.717) is 5.92 Å². The second-order valence-electron chi connectivity index (χ2n) is 7.17. The zero-order valence-electron chi connectivity index (χ0n) is 15.1. The molecule has 1 aliphatic heterocycles. The number of piperidine rings is 1.